The van der Waals surface area contributed by atoms with Crippen molar-refractivity contribution in [2.45, 2.75) is 51.4 Å². The van der Waals surface area contributed by atoms with Crippen molar-refractivity contribution in [1.82, 2.24) is 9.88 Å². The van der Waals surface area contributed by atoms with Crippen molar-refractivity contribution in [3.8, 4) is 17.6 Å². The number of halogens is 3. The first-order valence-corrected chi connectivity index (χ1v) is 12.8. The van der Waals surface area contributed by atoms with Gasteiger partial charge in [-0.25, -0.2) is 0 Å². The molecule has 0 saturated heterocycles. The minimum Gasteiger partial charge on any atom is -0.495 e. The second-order valence-electron chi connectivity index (χ2n) is 9.72. The summed E-state index contributed by atoms with van der Waals surface area (Å²) in [7, 11) is 3.04. The van der Waals surface area contributed by atoms with Gasteiger partial charge >= 0.3 is 6.18 Å². The molecule has 1 saturated carbocycles. The zero-order valence-corrected chi connectivity index (χ0v) is 21.8. The highest BCUT2D eigenvalue weighted by Crippen LogP contribution is 2.33. The Morgan fingerprint density at radius 3 is 2.55 bits per heavy atom. The number of hydrogen-bond donors (Lipinski definition) is 3. The monoisotopic (exact) mass is 526 g/mol. The van der Waals surface area contributed by atoms with Crippen molar-refractivity contribution in [3.63, 3.8) is 0 Å². The molecule has 1 aliphatic carbocycles. The largest absolute Gasteiger partial charge is 0.495 e. The normalized spacial score (nSPS) is 17.4. The van der Waals surface area contributed by atoms with E-state index in [0.717, 1.165) is 36.8 Å². The molecule has 6 nitrogen and oxygen atoms in total. The number of ether oxygens (including phenoxy) is 1. The molecular formula is C29H33F3N4O2. The highest BCUT2D eigenvalue weighted by molar-refractivity contribution is 5.95. The van der Waals surface area contributed by atoms with Gasteiger partial charge in [0.1, 0.15) is 12.3 Å². The van der Waals surface area contributed by atoms with E-state index in [4.69, 9.17) is 4.74 Å². The molecule has 1 heterocycles. The number of methoxy groups -OCH3 is 1. The third-order valence-corrected chi connectivity index (χ3v) is 6.93. The second-order valence-corrected chi connectivity index (χ2v) is 9.72. The number of carbonyl (C=O) groups is 1. The predicted molar refractivity (Wildman–Crippen MR) is 145 cm³/mol. The van der Waals surface area contributed by atoms with Gasteiger partial charge in [0.2, 0.25) is 0 Å². The van der Waals surface area contributed by atoms with Crippen molar-refractivity contribution < 1.29 is 22.7 Å². The fourth-order valence-electron chi connectivity index (χ4n) is 4.88. The molecule has 0 unspecified atom stereocenters. The number of amides is 1. The number of aromatic nitrogens is 1. The molecule has 1 fully saturated rings. The molecule has 1 amide bonds. The third kappa shape index (κ3) is 6.55. The quantitative estimate of drug-likeness (QED) is 0.329. The highest BCUT2D eigenvalue weighted by Gasteiger charge is 2.30. The lowest BCUT2D eigenvalue weighted by molar-refractivity contribution is -0.140. The van der Waals surface area contributed by atoms with Gasteiger partial charge < -0.3 is 25.3 Å². The van der Waals surface area contributed by atoms with Crippen molar-refractivity contribution in [2.75, 3.05) is 31.3 Å². The summed E-state index contributed by atoms with van der Waals surface area (Å²) in [5.74, 6) is 6.80. The van der Waals surface area contributed by atoms with Crippen LogP contribution in [0.15, 0.2) is 42.5 Å². The maximum atomic E-state index is 13.5. The second kappa shape index (κ2) is 11.7. The number of rotatable bonds is 7. The number of anilines is 2. The van der Waals surface area contributed by atoms with Crippen LogP contribution in [0.5, 0.6) is 5.75 Å². The SMILES string of the molecule is CNC(=O)c1ccc(NCC#Cc2cc3c(N[C@H]4CC[C@H](C)CC4)cccc3n2CC(F)(F)F)c(OC)c1. The van der Waals surface area contributed by atoms with Gasteiger partial charge in [-0.15, -0.1) is 0 Å². The van der Waals surface area contributed by atoms with E-state index < -0.39 is 12.7 Å². The fourth-order valence-corrected chi connectivity index (χ4v) is 4.88. The van der Waals surface area contributed by atoms with Crippen molar-refractivity contribution >= 4 is 28.2 Å². The molecule has 202 valence electrons. The molecule has 4 rings (SSSR count). The van der Waals surface area contributed by atoms with E-state index in [2.05, 4.69) is 34.7 Å². The Bertz CT molecular complexity index is 1350. The molecule has 0 spiro atoms. The number of carbonyl (C=O) groups excluding carboxylic acids is 1. The van der Waals surface area contributed by atoms with Gasteiger partial charge in [-0.2, -0.15) is 13.2 Å². The van der Waals surface area contributed by atoms with Crippen molar-refractivity contribution in [3.05, 3.63) is 53.7 Å². The molecule has 1 aromatic heterocycles. The van der Waals surface area contributed by atoms with E-state index in [1.165, 1.54) is 11.7 Å². The number of alkyl halides is 3. The number of benzene rings is 2. The average Bonchev–Trinajstić information content (AvgIpc) is 3.24. The lowest BCUT2D eigenvalue weighted by Gasteiger charge is -2.28. The molecule has 3 N–H and O–H groups in total. The van der Waals surface area contributed by atoms with E-state index in [9.17, 15) is 18.0 Å². The lowest BCUT2D eigenvalue weighted by Crippen LogP contribution is -2.25. The van der Waals surface area contributed by atoms with Crippen molar-refractivity contribution in [1.29, 1.82) is 0 Å². The fraction of sp³-hybridized carbons (Fsp3) is 0.414. The van der Waals surface area contributed by atoms with Crippen LogP contribution in [-0.2, 0) is 6.54 Å². The minimum atomic E-state index is -4.39. The average molecular weight is 527 g/mol. The molecule has 0 atom stereocenters. The molecule has 2 aromatic carbocycles. The molecule has 0 aliphatic heterocycles. The summed E-state index contributed by atoms with van der Waals surface area (Å²) in [5.41, 5.74) is 2.71. The predicted octanol–water partition coefficient (Wildman–Crippen LogP) is 6.03. The van der Waals surface area contributed by atoms with E-state index >= 15 is 0 Å². The molecule has 0 bridgehead atoms. The van der Waals surface area contributed by atoms with Crippen LogP contribution in [0.3, 0.4) is 0 Å². The summed E-state index contributed by atoms with van der Waals surface area (Å²) >= 11 is 0. The molecule has 38 heavy (non-hydrogen) atoms. The Morgan fingerprint density at radius 1 is 1.11 bits per heavy atom. The van der Waals surface area contributed by atoms with Crippen LogP contribution < -0.4 is 20.7 Å². The number of fused-ring (bicyclic) bond motifs is 1. The Kier molecular flexibility index (Phi) is 8.40. The van der Waals surface area contributed by atoms with Gasteiger partial charge in [-0.3, -0.25) is 4.79 Å². The first kappa shape index (κ1) is 27.2. The Labute approximate surface area is 220 Å². The van der Waals surface area contributed by atoms with Crippen LogP contribution in [0.2, 0.25) is 0 Å². The van der Waals surface area contributed by atoms with Crippen LogP contribution >= 0.6 is 0 Å². The summed E-state index contributed by atoms with van der Waals surface area (Å²) in [6.07, 6.45) is 0.000405. The summed E-state index contributed by atoms with van der Waals surface area (Å²) in [4.78, 5) is 11.9. The zero-order valence-electron chi connectivity index (χ0n) is 21.8. The van der Waals surface area contributed by atoms with Crippen LogP contribution in [0.1, 0.15) is 48.7 Å². The van der Waals surface area contributed by atoms with E-state index in [1.54, 1.807) is 43.4 Å². The zero-order chi connectivity index (χ0) is 27.3. The number of hydrogen-bond acceptors (Lipinski definition) is 4. The van der Waals surface area contributed by atoms with Gasteiger partial charge in [0.05, 0.1) is 30.6 Å². The van der Waals surface area contributed by atoms with E-state index in [0.29, 0.717) is 40.2 Å². The first-order chi connectivity index (χ1) is 18.2. The minimum absolute atomic E-state index is 0.175. The third-order valence-electron chi connectivity index (χ3n) is 6.93. The Morgan fingerprint density at radius 2 is 1.87 bits per heavy atom. The van der Waals surface area contributed by atoms with Crippen molar-refractivity contribution in [2.24, 2.45) is 5.92 Å². The summed E-state index contributed by atoms with van der Waals surface area (Å²) in [6.45, 7) is 1.31. The number of nitrogens with zero attached hydrogens (tertiary/aromatic N) is 1. The lowest BCUT2D eigenvalue weighted by atomic mass is 9.87. The maximum absolute atomic E-state index is 13.5. The van der Waals surface area contributed by atoms with Crippen LogP contribution in [-0.4, -0.2) is 43.4 Å². The number of nitrogens with one attached hydrogen (secondary N) is 3. The first-order valence-electron chi connectivity index (χ1n) is 12.8. The highest BCUT2D eigenvalue weighted by atomic mass is 19.4. The van der Waals surface area contributed by atoms with E-state index in [1.807, 2.05) is 6.07 Å². The molecule has 0 radical (unpaired) electrons. The van der Waals surface area contributed by atoms with E-state index in [-0.39, 0.29) is 12.5 Å². The summed E-state index contributed by atoms with van der Waals surface area (Å²) < 4.78 is 47.1. The van der Waals surface area contributed by atoms with Crippen LogP contribution in [0.25, 0.3) is 10.9 Å². The summed E-state index contributed by atoms with van der Waals surface area (Å²) in [5, 5.41) is 9.98. The molecule has 3 aromatic rings. The molecule has 1 aliphatic rings. The van der Waals surface area contributed by atoms with Gasteiger partial charge in [0.15, 0.2) is 0 Å². The standard InChI is InChI=1S/C29H33F3N4O2/c1-19-9-12-21(13-10-19)35-24-7-4-8-26-23(24)17-22(36(26)18-29(30,31)32)6-5-15-34-25-14-11-20(28(37)33-2)16-27(25)38-3/h4,7-8,11,14,16-17,19,21,34-35H,9-10,12-13,15,18H2,1-3H3,(H,33,37)/t19-,21-. The van der Waals surface area contributed by atoms with Gasteiger partial charge in [0.25, 0.3) is 5.91 Å². The topological polar surface area (TPSA) is 67.3 Å². The van der Waals surface area contributed by atoms with Gasteiger partial charge in [-0.1, -0.05) is 18.9 Å². The maximum Gasteiger partial charge on any atom is 0.406 e. The summed E-state index contributed by atoms with van der Waals surface area (Å²) in [6, 6.07) is 12.4. The smallest absolute Gasteiger partial charge is 0.406 e. The van der Waals surface area contributed by atoms with Gasteiger partial charge in [0, 0.05) is 29.7 Å². The van der Waals surface area contributed by atoms with Crippen LogP contribution in [0.4, 0.5) is 24.5 Å². The Balaban J connectivity index is 1.58. The molecular weight excluding hydrogens is 493 g/mol. The Hall–Kier alpha value is -3.80. The van der Waals surface area contributed by atoms with Gasteiger partial charge in [-0.05, 0) is 73.9 Å². The molecule has 9 heteroatoms. The van der Waals surface area contributed by atoms with Crippen LogP contribution in [0, 0.1) is 17.8 Å².